The summed E-state index contributed by atoms with van der Waals surface area (Å²) in [5.74, 6) is 0. The van der Waals surface area contributed by atoms with E-state index in [1.165, 1.54) is 11.5 Å². The highest BCUT2D eigenvalue weighted by Gasteiger charge is 2.13. The van der Waals surface area contributed by atoms with Crippen molar-refractivity contribution < 1.29 is 4.74 Å². The standard InChI is InChI=1S/C9H17N3OS/c1-3-8-9(14-12-11-8)7(10)5-4-6-13-2/h7H,3-6,10H2,1-2H3. The van der Waals surface area contributed by atoms with E-state index in [-0.39, 0.29) is 6.04 Å². The molecule has 1 heterocycles. The minimum atomic E-state index is 0.0695. The Bertz CT molecular complexity index is 264. The second-order valence-corrected chi connectivity index (χ2v) is 3.96. The van der Waals surface area contributed by atoms with Crippen molar-refractivity contribution in [1.29, 1.82) is 0 Å². The molecule has 80 valence electrons. The average molecular weight is 215 g/mol. The fourth-order valence-corrected chi connectivity index (χ4v) is 2.09. The maximum atomic E-state index is 6.03. The van der Waals surface area contributed by atoms with Crippen LogP contribution >= 0.6 is 11.5 Å². The van der Waals surface area contributed by atoms with E-state index in [1.54, 1.807) is 7.11 Å². The second kappa shape index (κ2) is 6.06. The first-order chi connectivity index (χ1) is 6.79. The molecule has 0 bridgehead atoms. The lowest BCUT2D eigenvalue weighted by atomic mass is 10.1. The lowest BCUT2D eigenvalue weighted by Gasteiger charge is -2.09. The Labute approximate surface area is 88.6 Å². The van der Waals surface area contributed by atoms with E-state index >= 15 is 0 Å². The van der Waals surface area contributed by atoms with Crippen molar-refractivity contribution in [3.05, 3.63) is 10.6 Å². The van der Waals surface area contributed by atoms with Crippen molar-refractivity contribution in [2.24, 2.45) is 5.73 Å². The van der Waals surface area contributed by atoms with Gasteiger partial charge >= 0.3 is 0 Å². The number of hydrogen-bond acceptors (Lipinski definition) is 5. The van der Waals surface area contributed by atoms with Gasteiger partial charge in [-0.1, -0.05) is 11.4 Å². The van der Waals surface area contributed by atoms with Crippen LogP contribution in [0, 0.1) is 0 Å². The molecule has 1 unspecified atom stereocenters. The van der Waals surface area contributed by atoms with Gasteiger partial charge in [0.1, 0.15) is 0 Å². The SMILES string of the molecule is CCc1nnsc1C(N)CCCOC. The van der Waals surface area contributed by atoms with Gasteiger partial charge in [0, 0.05) is 19.8 Å². The number of aryl methyl sites for hydroxylation is 1. The molecule has 0 aromatic carbocycles. The molecule has 14 heavy (non-hydrogen) atoms. The van der Waals surface area contributed by atoms with Crippen LogP contribution in [-0.4, -0.2) is 23.3 Å². The molecule has 5 heteroatoms. The van der Waals surface area contributed by atoms with E-state index in [9.17, 15) is 0 Å². The second-order valence-electron chi connectivity index (χ2n) is 3.18. The van der Waals surface area contributed by atoms with E-state index in [4.69, 9.17) is 10.5 Å². The molecule has 0 amide bonds. The fourth-order valence-electron chi connectivity index (χ4n) is 1.32. The first-order valence-electron chi connectivity index (χ1n) is 4.85. The molecule has 0 aliphatic carbocycles. The van der Waals surface area contributed by atoms with Gasteiger partial charge < -0.3 is 10.5 Å². The van der Waals surface area contributed by atoms with Gasteiger partial charge in [-0.3, -0.25) is 0 Å². The van der Waals surface area contributed by atoms with Crippen molar-refractivity contribution >= 4 is 11.5 Å². The number of nitrogens with two attached hydrogens (primary N) is 1. The molecular formula is C9H17N3OS. The Balaban J connectivity index is 2.47. The monoisotopic (exact) mass is 215 g/mol. The van der Waals surface area contributed by atoms with Gasteiger partial charge in [-0.15, -0.1) is 5.10 Å². The topological polar surface area (TPSA) is 61.0 Å². The maximum Gasteiger partial charge on any atom is 0.0800 e. The number of methoxy groups -OCH3 is 1. The summed E-state index contributed by atoms with van der Waals surface area (Å²) in [6, 6.07) is 0.0695. The van der Waals surface area contributed by atoms with Crippen molar-refractivity contribution in [3.8, 4) is 0 Å². The average Bonchev–Trinajstić information content (AvgIpc) is 2.65. The first kappa shape index (κ1) is 11.6. The van der Waals surface area contributed by atoms with Crippen LogP contribution in [0.4, 0.5) is 0 Å². The summed E-state index contributed by atoms with van der Waals surface area (Å²) in [6.45, 7) is 2.84. The number of nitrogens with zero attached hydrogens (tertiary/aromatic N) is 2. The summed E-state index contributed by atoms with van der Waals surface area (Å²) in [5, 5.41) is 4.04. The van der Waals surface area contributed by atoms with Crippen LogP contribution < -0.4 is 5.73 Å². The summed E-state index contributed by atoms with van der Waals surface area (Å²) in [7, 11) is 1.71. The third kappa shape index (κ3) is 3.01. The molecule has 2 N–H and O–H groups in total. The maximum absolute atomic E-state index is 6.03. The Morgan fingerprint density at radius 1 is 1.57 bits per heavy atom. The zero-order valence-corrected chi connectivity index (χ0v) is 9.51. The molecule has 0 aliphatic rings. The van der Waals surface area contributed by atoms with Gasteiger partial charge in [0.05, 0.1) is 10.6 Å². The van der Waals surface area contributed by atoms with E-state index in [1.807, 2.05) is 0 Å². The highest BCUT2D eigenvalue weighted by molar-refractivity contribution is 7.05. The number of hydrogen-bond donors (Lipinski definition) is 1. The van der Waals surface area contributed by atoms with Gasteiger partial charge in [0.25, 0.3) is 0 Å². The summed E-state index contributed by atoms with van der Waals surface area (Å²) in [6.07, 6.45) is 2.83. The number of rotatable bonds is 6. The lowest BCUT2D eigenvalue weighted by Crippen LogP contribution is -2.11. The molecule has 0 saturated heterocycles. The van der Waals surface area contributed by atoms with Crippen LogP contribution in [-0.2, 0) is 11.2 Å². The highest BCUT2D eigenvalue weighted by atomic mass is 32.1. The van der Waals surface area contributed by atoms with Gasteiger partial charge in [0.2, 0.25) is 0 Å². The molecule has 0 fully saturated rings. The molecule has 1 rings (SSSR count). The van der Waals surface area contributed by atoms with Crippen molar-refractivity contribution in [2.45, 2.75) is 32.2 Å². The Kier molecular flexibility index (Phi) is 5.00. The number of ether oxygens (including phenoxy) is 1. The molecule has 0 aliphatic heterocycles. The van der Waals surface area contributed by atoms with Crippen LogP contribution in [0.5, 0.6) is 0 Å². The lowest BCUT2D eigenvalue weighted by molar-refractivity contribution is 0.190. The Hall–Kier alpha value is -0.520. The minimum Gasteiger partial charge on any atom is -0.385 e. The highest BCUT2D eigenvalue weighted by Crippen LogP contribution is 2.22. The molecule has 0 radical (unpaired) electrons. The molecule has 1 atom stereocenters. The van der Waals surface area contributed by atoms with Crippen LogP contribution in [0.3, 0.4) is 0 Å². The first-order valence-corrected chi connectivity index (χ1v) is 5.62. The van der Waals surface area contributed by atoms with Crippen LogP contribution in [0.15, 0.2) is 0 Å². The van der Waals surface area contributed by atoms with Gasteiger partial charge in [0.15, 0.2) is 0 Å². The quantitative estimate of drug-likeness (QED) is 0.731. The summed E-state index contributed by atoms with van der Waals surface area (Å²) < 4.78 is 8.91. The van der Waals surface area contributed by atoms with Crippen molar-refractivity contribution in [2.75, 3.05) is 13.7 Å². The van der Waals surface area contributed by atoms with Gasteiger partial charge in [-0.2, -0.15) is 0 Å². The molecule has 0 spiro atoms. The molecule has 1 aromatic heterocycles. The number of aromatic nitrogens is 2. The van der Waals surface area contributed by atoms with Gasteiger partial charge in [-0.25, -0.2) is 0 Å². The predicted molar refractivity (Wildman–Crippen MR) is 57.3 cm³/mol. The third-order valence-electron chi connectivity index (χ3n) is 2.12. The van der Waals surface area contributed by atoms with E-state index in [0.717, 1.165) is 36.4 Å². The van der Waals surface area contributed by atoms with Gasteiger partial charge in [-0.05, 0) is 30.8 Å². The normalized spacial score (nSPS) is 13.1. The zero-order valence-electron chi connectivity index (χ0n) is 8.69. The summed E-state index contributed by atoms with van der Waals surface area (Å²) >= 11 is 1.41. The van der Waals surface area contributed by atoms with Crippen molar-refractivity contribution in [1.82, 2.24) is 9.59 Å². The molecule has 0 saturated carbocycles. The Morgan fingerprint density at radius 2 is 2.36 bits per heavy atom. The predicted octanol–water partition coefficient (Wildman–Crippen LogP) is 1.53. The summed E-state index contributed by atoms with van der Waals surface area (Å²) in [5.41, 5.74) is 7.07. The zero-order chi connectivity index (χ0) is 10.4. The van der Waals surface area contributed by atoms with Crippen LogP contribution in [0.2, 0.25) is 0 Å². The van der Waals surface area contributed by atoms with Crippen LogP contribution in [0.1, 0.15) is 36.4 Å². The molecular weight excluding hydrogens is 198 g/mol. The smallest absolute Gasteiger partial charge is 0.0800 e. The van der Waals surface area contributed by atoms with Crippen LogP contribution in [0.25, 0.3) is 0 Å². The van der Waals surface area contributed by atoms with E-state index < -0.39 is 0 Å². The minimum absolute atomic E-state index is 0.0695. The van der Waals surface area contributed by atoms with Crippen molar-refractivity contribution in [3.63, 3.8) is 0 Å². The third-order valence-corrected chi connectivity index (χ3v) is 3.02. The largest absolute Gasteiger partial charge is 0.385 e. The molecule has 4 nitrogen and oxygen atoms in total. The van der Waals surface area contributed by atoms with E-state index in [2.05, 4.69) is 16.5 Å². The molecule has 1 aromatic rings. The van der Waals surface area contributed by atoms with E-state index in [0.29, 0.717) is 0 Å². The summed E-state index contributed by atoms with van der Waals surface area (Å²) in [4.78, 5) is 1.13. The Morgan fingerprint density at radius 3 is 3.00 bits per heavy atom. The fraction of sp³-hybridized carbons (Fsp3) is 0.778.